The third-order valence-corrected chi connectivity index (χ3v) is 5.52. The van der Waals surface area contributed by atoms with Gasteiger partial charge in [0.15, 0.2) is 0 Å². The van der Waals surface area contributed by atoms with Crippen molar-refractivity contribution in [2.75, 3.05) is 16.8 Å². The molecule has 1 aliphatic rings. The molecule has 2 aromatic rings. The summed E-state index contributed by atoms with van der Waals surface area (Å²) in [6, 6.07) is 14.8. The van der Waals surface area contributed by atoms with Crippen molar-refractivity contribution in [2.24, 2.45) is 5.92 Å². The molecule has 2 amide bonds. The number of hydrogen-bond acceptors (Lipinski definition) is 4. The van der Waals surface area contributed by atoms with E-state index >= 15 is 0 Å². The van der Waals surface area contributed by atoms with Gasteiger partial charge in [-0.2, -0.15) is 0 Å². The molecule has 2 atom stereocenters. The number of halogens is 1. The summed E-state index contributed by atoms with van der Waals surface area (Å²) in [7, 11) is 0. The maximum atomic E-state index is 12.6. The van der Waals surface area contributed by atoms with Gasteiger partial charge in [-0.1, -0.05) is 41.6 Å². The third kappa shape index (κ3) is 3.83. The molecule has 0 aliphatic carbocycles. The number of nitrogens with zero attached hydrogens (tertiary/aromatic N) is 1. The zero-order valence-corrected chi connectivity index (χ0v) is 16.4. The summed E-state index contributed by atoms with van der Waals surface area (Å²) >= 11 is 2.32. The molecule has 0 bridgehead atoms. The highest BCUT2D eigenvalue weighted by atomic mass is 127. The van der Waals surface area contributed by atoms with E-state index in [1.807, 2.05) is 36.1 Å². The molecule has 2 unspecified atom stereocenters. The number of hydrogen-bond donors (Lipinski definition) is 3. The van der Waals surface area contributed by atoms with E-state index in [2.05, 4.69) is 27.9 Å². The summed E-state index contributed by atoms with van der Waals surface area (Å²) in [6.07, 6.45) is 0. The number of carbonyl (C=O) groups is 2. The van der Waals surface area contributed by atoms with Crippen molar-refractivity contribution >= 4 is 45.8 Å². The van der Waals surface area contributed by atoms with Gasteiger partial charge in [0.2, 0.25) is 5.91 Å². The van der Waals surface area contributed by atoms with Crippen LogP contribution < -0.4 is 15.7 Å². The number of nitrogens with one attached hydrogen (secondary N) is 2. The van der Waals surface area contributed by atoms with Gasteiger partial charge in [0.25, 0.3) is 5.91 Å². The van der Waals surface area contributed by atoms with Crippen LogP contribution in [0, 0.1) is 5.92 Å². The van der Waals surface area contributed by atoms with Crippen LogP contribution in [-0.4, -0.2) is 29.6 Å². The second kappa shape index (κ2) is 8.05. The quantitative estimate of drug-likeness (QED) is 0.274. The summed E-state index contributed by atoms with van der Waals surface area (Å²) in [6.45, 7) is 2.51. The Kier molecular flexibility index (Phi) is 5.77. The second-order valence-electron chi connectivity index (χ2n) is 6.31. The number of benzene rings is 2. The summed E-state index contributed by atoms with van der Waals surface area (Å²) < 4.78 is 0.941. The summed E-state index contributed by atoms with van der Waals surface area (Å²) in [5, 5.41) is 12.0. The molecule has 1 heterocycles. The predicted octanol–water partition coefficient (Wildman–Crippen LogP) is 3.20. The summed E-state index contributed by atoms with van der Waals surface area (Å²) in [4.78, 5) is 25.8. The van der Waals surface area contributed by atoms with Crippen molar-refractivity contribution in [3.05, 3.63) is 59.7 Å². The first kappa shape index (κ1) is 18.7. The van der Waals surface area contributed by atoms with Crippen LogP contribution in [0.3, 0.4) is 0 Å². The summed E-state index contributed by atoms with van der Waals surface area (Å²) in [5.41, 5.74) is 4.94. The van der Waals surface area contributed by atoms with Crippen LogP contribution in [0.25, 0.3) is 0 Å². The Morgan fingerprint density at radius 3 is 2.42 bits per heavy atom. The molecular formula is C19H20IN3O3. The molecule has 0 spiro atoms. The summed E-state index contributed by atoms with van der Waals surface area (Å²) in [5.74, 6) is -0.609. The smallest absolute Gasteiger partial charge is 0.274 e. The predicted molar refractivity (Wildman–Crippen MR) is 109 cm³/mol. The lowest BCUT2D eigenvalue weighted by atomic mass is 10.1. The van der Waals surface area contributed by atoms with E-state index in [0.717, 1.165) is 15.8 Å². The lowest BCUT2D eigenvalue weighted by molar-refractivity contribution is -0.120. The van der Waals surface area contributed by atoms with E-state index in [9.17, 15) is 9.59 Å². The van der Waals surface area contributed by atoms with Crippen LogP contribution in [0.15, 0.2) is 48.5 Å². The van der Waals surface area contributed by atoms with Gasteiger partial charge < -0.3 is 10.2 Å². The first-order chi connectivity index (χ1) is 12.5. The van der Waals surface area contributed by atoms with Crippen molar-refractivity contribution in [1.82, 2.24) is 5.48 Å². The topological polar surface area (TPSA) is 81.7 Å². The van der Waals surface area contributed by atoms with Gasteiger partial charge >= 0.3 is 0 Å². The fourth-order valence-corrected chi connectivity index (χ4v) is 3.54. The maximum absolute atomic E-state index is 12.6. The average molecular weight is 465 g/mol. The normalized spacial score (nSPS) is 19.5. The molecule has 3 N–H and O–H groups in total. The molecule has 2 aromatic carbocycles. The lowest BCUT2D eigenvalue weighted by Crippen LogP contribution is -2.28. The zero-order chi connectivity index (χ0) is 18.7. The van der Waals surface area contributed by atoms with Crippen molar-refractivity contribution in [3.63, 3.8) is 0 Å². The second-order valence-corrected chi connectivity index (χ2v) is 7.07. The minimum absolute atomic E-state index is 0.0238. The first-order valence-electron chi connectivity index (χ1n) is 8.31. The van der Waals surface area contributed by atoms with E-state index in [4.69, 9.17) is 5.21 Å². The molecule has 7 heteroatoms. The monoisotopic (exact) mass is 465 g/mol. The molecule has 6 nitrogen and oxygen atoms in total. The minimum Gasteiger partial charge on any atom is -0.380 e. The SMILES string of the molecule is CC1C(=O)N(c2ccc(CI)cc2)CC1Nc1ccc(C(=O)NO)cc1. The fourth-order valence-electron chi connectivity index (χ4n) is 3.03. The van der Waals surface area contributed by atoms with Crippen molar-refractivity contribution in [1.29, 1.82) is 0 Å². The molecule has 0 aromatic heterocycles. The van der Waals surface area contributed by atoms with E-state index in [1.54, 1.807) is 29.7 Å². The molecule has 1 saturated heterocycles. The van der Waals surface area contributed by atoms with Gasteiger partial charge in [0, 0.05) is 27.9 Å². The lowest BCUT2D eigenvalue weighted by Gasteiger charge is -2.18. The molecule has 26 heavy (non-hydrogen) atoms. The van der Waals surface area contributed by atoms with Crippen LogP contribution in [-0.2, 0) is 9.22 Å². The van der Waals surface area contributed by atoms with Gasteiger partial charge in [-0.25, -0.2) is 5.48 Å². The number of carbonyl (C=O) groups excluding carboxylic acids is 2. The van der Waals surface area contributed by atoms with Gasteiger partial charge in [-0.15, -0.1) is 0 Å². The first-order valence-corrected chi connectivity index (χ1v) is 9.83. The Hall–Kier alpha value is -2.13. The number of alkyl halides is 1. The van der Waals surface area contributed by atoms with Gasteiger partial charge in [-0.05, 0) is 42.0 Å². The van der Waals surface area contributed by atoms with Gasteiger partial charge in [-0.3, -0.25) is 14.8 Å². The molecular weight excluding hydrogens is 445 g/mol. The highest BCUT2D eigenvalue weighted by molar-refractivity contribution is 14.1. The van der Waals surface area contributed by atoms with Crippen LogP contribution in [0.5, 0.6) is 0 Å². The highest BCUT2D eigenvalue weighted by Gasteiger charge is 2.37. The van der Waals surface area contributed by atoms with Crippen LogP contribution in [0.2, 0.25) is 0 Å². The van der Waals surface area contributed by atoms with E-state index in [-0.39, 0.29) is 17.9 Å². The molecule has 3 rings (SSSR count). The van der Waals surface area contributed by atoms with Crippen LogP contribution >= 0.6 is 22.6 Å². The Morgan fingerprint density at radius 2 is 1.85 bits per heavy atom. The van der Waals surface area contributed by atoms with E-state index in [1.165, 1.54) is 5.56 Å². The largest absolute Gasteiger partial charge is 0.380 e. The molecule has 0 saturated carbocycles. The molecule has 1 aliphatic heterocycles. The number of hydroxylamine groups is 1. The molecule has 0 radical (unpaired) electrons. The standard InChI is InChI=1S/C19H20IN3O3/c1-12-17(21-15-6-4-14(5-7-15)18(24)22-26)11-23(19(12)25)16-8-2-13(10-20)3-9-16/h2-9,12,17,21,26H,10-11H2,1H3,(H,22,24). The van der Waals surface area contributed by atoms with Crippen LogP contribution in [0.4, 0.5) is 11.4 Å². The number of rotatable bonds is 5. The number of amides is 2. The Morgan fingerprint density at radius 1 is 1.19 bits per heavy atom. The maximum Gasteiger partial charge on any atom is 0.274 e. The Balaban J connectivity index is 1.71. The van der Waals surface area contributed by atoms with Crippen molar-refractivity contribution in [2.45, 2.75) is 17.4 Å². The van der Waals surface area contributed by atoms with Gasteiger partial charge in [0.1, 0.15) is 0 Å². The highest BCUT2D eigenvalue weighted by Crippen LogP contribution is 2.28. The third-order valence-electron chi connectivity index (χ3n) is 4.64. The average Bonchev–Trinajstić information content (AvgIpc) is 2.96. The van der Waals surface area contributed by atoms with Crippen LogP contribution in [0.1, 0.15) is 22.8 Å². The molecule has 136 valence electrons. The fraction of sp³-hybridized carbons (Fsp3) is 0.263. The van der Waals surface area contributed by atoms with Crippen molar-refractivity contribution in [3.8, 4) is 0 Å². The van der Waals surface area contributed by atoms with E-state index in [0.29, 0.717) is 12.1 Å². The van der Waals surface area contributed by atoms with Gasteiger partial charge in [0.05, 0.1) is 12.0 Å². The van der Waals surface area contributed by atoms with E-state index < -0.39 is 5.91 Å². The number of anilines is 2. The molecule has 1 fully saturated rings. The Bertz CT molecular complexity index is 793. The zero-order valence-electron chi connectivity index (χ0n) is 14.3. The van der Waals surface area contributed by atoms with Crippen molar-refractivity contribution < 1.29 is 14.8 Å². The Labute approximate surface area is 165 Å². The minimum atomic E-state index is -0.554.